The third kappa shape index (κ3) is 3.45. The Bertz CT molecular complexity index is 750. The molecule has 1 aromatic carbocycles. The number of anilines is 1. The molecule has 0 N–H and O–H groups in total. The third-order valence-corrected chi connectivity index (χ3v) is 4.32. The molecule has 1 heteroatoms. The minimum atomic E-state index is 0.394. The van der Waals surface area contributed by atoms with Gasteiger partial charge in [0, 0.05) is 25.7 Å². The summed E-state index contributed by atoms with van der Waals surface area (Å²) in [7, 11) is 4.12. The summed E-state index contributed by atoms with van der Waals surface area (Å²) in [6.07, 6.45) is 19.7. The Morgan fingerprint density at radius 1 is 1.00 bits per heavy atom. The van der Waals surface area contributed by atoms with E-state index in [0.29, 0.717) is 5.92 Å². The van der Waals surface area contributed by atoms with Crippen LogP contribution in [0.5, 0.6) is 0 Å². The molecule has 0 spiro atoms. The first-order chi connectivity index (χ1) is 11.1. The van der Waals surface area contributed by atoms with Crippen LogP contribution in [0, 0.1) is 5.92 Å². The van der Waals surface area contributed by atoms with Gasteiger partial charge in [0.05, 0.1) is 0 Å². The summed E-state index contributed by atoms with van der Waals surface area (Å²) < 4.78 is 0. The number of hydrogen-bond acceptors (Lipinski definition) is 1. The number of nitrogens with zero attached hydrogens (tertiary/aromatic N) is 1. The zero-order chi connectivity index (χ0) is 16.2. The van der Waals surface area contributed by atoms with Gasteiger partial charge in [0.2, 0.25) is 0 Å². The van der Waals surface area contributed by atoms with Crippen molar-refractivity contribution >= 4 is 11.8 Å². The molecule has 0 saturated carbocycles. The number of allylic oxidation sites excluding steroid dienone is 11. The molecule has 0 heterocycles. The highest BCUT2D eigenvalue weighted by Gasteiger charge is 2.22. The molecule has 3 rings (SSSR count). The van der Waals surface area contributed by atoms with Crippen LogP contribution in [0.1, 0.15) is 12.5 Å². The molecule has 0 aromatic heterocycles. The lowest BCUT2D eigenvalue weighted by Crippen LogP contribution is -2.07. The van der Waals surface area contributed by atoms with Gasteiger partial charge in [0.15, 0.2) is 0 Å². The Morgan fingerprint density at radius 2 is 1.78 bits per heavy atom. The Labute approximate surface area is 139 Å². The van der Waals surface area contributed by atoms with E-state index >= 15 is 0 Å². The molecule has 0 saturated heterocycles. The minimum Gasteiger partial charge on any atom is -0.378 e. The second kappa shape index (κ2) is 6.70. The van der Waals surface area contributed by atoms with Gasteiger partial charge in [-0.2, -0.15) is 0 Å². The van der Waals surface area contributed by atoms with Crippen molar-refractivity contribution in [1.29, 1.82) is 0 Å². The molecule has 23 heavy (non-hydrogen) atoms. The van der Waals surface area contributed by atoms with Gasteiger partial charge in [0.1, 0.15) is 0 Å². The van der Waals surface area contributed by atoms with Crippen LogP contribution < -0.4 is 4.90 Å². The average molecular weight is 301 g/mol. The summed E-state index contributed by atoms with van der Waals surface area (Å²) in [5.74, 6) is 0.394. The molecule has 1 atom stereocenters. The Balaban J connectivity index is 1.77. The van der Waals surface area contributed by atoms with Crippen molar-refractivity contribution < 1.29 is 0 Å². The normalized spacial score (nSPS) is 21.3. The largest absolute Gasteiger partial charge is 0.378 e. The maximum atomic E-state index is 2.29. The van der Waals surface area contributed by atoms with Gasteiger partial charge >= 0.3 is 0 Å². The monoisotopic (exact) mass is 301 g/mol. The lowest BCUT2D eigenvalue weighted by atomic mass is 9.95. The molecule has 0 fully saturated rings. The fourth-order valence-corrected chi connectivity index (χ4v) is 3.00. The highest BCUT2D eigenvalue weighted by molar-refractivity contribution is 5.59. The van der Waals surface area contributed by atoms with Crippen LogP contribution in [0.3, 0.4) is 0 Å². The average Bonchev–Trinajstić information content (AvgIpc) is 2.73. The smallest absolute Gasteiger partial charge is 0.0361 e. The Morgan fingerprint density at radius 3 is 2.52 bits per heavy atom. The summed E-state index contributed by atoms with van der Waals surface area (Å²) in [5, 5.41) is 0. The topological polar surface area (TPSA) is 3.24 Å². The van der Waals surface area contributed by atoms with Crippen LogP contribution in [-0.4, -0.2) is 14.1 Å². The van der Waals surface area contributed by atoms with Gasteiger partial charge in [-0.25, -0.2) is 0 Å². The first-order valence-electron chi connectivity index (χ1n) is 8.04. The highest BCUT2D eigenvalue weighted by atomic mass is 15.1. The van der Waals surface area contributed by atoms with Crippen molar-refractivity contribution in [2.45, 2.75) is 6.92 Å². The quantitative estimate of drug-likeness (QED) is 0.730. The van der Waals surface area contributed by atoms with E-state index in [1.54, 1.807) is 0 Å². The fraction of sp³-hybridized carbons (Fsp3) is 0.182. The van der Waals surface area contributed by atoms with Crippen LogP contribution >= 0.6 is 0 Å². The van der Waals surface area contributed by atoms with Gasteiger partial charge in [-0.1, -0.05) is 66.8 Å². The van der Waals surface area contributed by atoms with E-state index in [1.807, 2.05) is 0 Å². The maximum absolute atomic E-state index is 2.29. The van der Waals surface area contributed by atoms with Crippen LogP contribution in [0.4, 0.5) is 5.69 Å². The molecule has 0 radical (unpaired) electrons. The summed E-state index contributed by atoms with van der Waals surface area (Å²) >= 11 is 0. The highest BCUT2D eigenvalue weighted by Crippen LogP contribution is 2.37. The summed E-state index contributed by atoms with van der Waals surface area (Å²) in [6.45, 7) is 2.19. The van der Waals surface area contributed by atoms with Gasteiger partial charge in [-0.3, -0.25) is 0 Å². The molecular weight excluding hydrogens is 278 g/mol. The molecule has 2 aliphatic rings. The van der Waals surface area contributed by atoms with Crippen molar-refractivity contribution in [3.63, 3.8) is 0 Å². The lowest BCUT2D eigenvalue weighted by molar-refractivity contribution is 0.977. The predicted octanol–water partition coefficient (Wildman–Crippen LogP) is 5.32. The molecule has 116 valence electrons. The van der Waals surface area contributed by atoms with Gasteiger partial charge in [-0.15, -0.1) is 0 Å². The van der Waals surface area contributed by atoms with E-state index in [0.717, 1.165) is 0 Å². The Kier molecular flexibility index (Phi) is 4.47. The van der Waals surface area contributed by atoms with Crippen LogP contribution in [-0.2, 0) is 0 Å². The molecule has 0 amide bonds. The van der Waals surface area contributed by atoms with Gasteiger partial charge < -0.3 is 4.90 Å². The van der Waals surface area contributed by atoms with Crippen LogP contribution in [0.25, 0.3) is 6.08 Å². The van der Waals surface area contributed by atoms with Crippen molar-refractivity contribution in [3.8, 4) is 0 Å². The number of fused-ring (bicyclic) bond motifs is 1. The zero-order valence-electron chi connectivity index (χ0n) is 14.0. The third-order valence-electron chi connectivity index (χ3n) is 4.32. The standard InChI is InChI=1S/C22H23N/c1-17-16-19(22-11-6-4-5-10-21(17)22)9-7-8-18-12-14-20(15-13-18)23(2)3/h4-16,22H,1-3H3. The van der Waals surface area contributed by atoms with Gasteiger partial charge in [0.25, 0.3) is 0 Å². The van der Waals surface area contributed by atoms with Crippen molar-refractivity contribution in [1.82, 2.24) is 0 Å². The first-order valence-corrected chi connectivity index (χ1v) is 8.04. The van der Waals surface area contributed by atoms with Crippen molar-refractivity contribution in [2.24, 2.45) is 5.92 Å². The summed E-state index contributed by atoms with van der Waals surface area (Å²) in [4.78, 5) is 2.11. The maximum Gasteiger partial charge on any atom is 0.0361 e. The minimum absolute atomic E-state index is 0.394. The second-order valence-corrected chi connectivity index (χ2v) is 6.21. The number of hydrogen-bond donors (Lipinski definition) is 0. The van der Waals surface area contributed by atoms with E-state index in [-0.39, 0.29) is 0 Å². The van der Waals surface area contributed by atoms with E-state index < -0.39 is 0 Å². The van der Waals surface area contributed by atoms with E-state index in [2.05, 4.69) is 105 Å². The SMILES string of the molecule is CC1=CC(=CC=Cc2ccc(N(C)C)cc2)C2C=CC=CC=C12. The molecule has 0 bridgehead atoms. The molecule has 1 unspecified atom stereocenters. The summed E-state index contributed by atoms with van der Waals surface area (Å²) in [6, 6.07) is 8.60. The number of rotatable bonds is 3. The van der Waals surface area contributed by atoms with Gasteiger partial charge in [-0.05, 0) is 41.3 Å². The first kappa shape index (κ1) is 15.4. The zero-order valence-corrected chi connectivity index (χ0v) is 14.0. The van der Waals surface area contributed by atoms with E-state index in [9.17, 15) is 0 Å². The fourth-order valence-electron chi connectivity index (χ4n) is 3.00. The molecule has 1 nitrogen and oxygen atoms in total. The molecule has 1 aromatic rings. The van der Waals surface area contributed by atoms with E-state index in [4.69, 9.17) is 0 Å². The lowest BCUT2D eigenvalue weighted by Gasteiger charge is -2.11. The molecule has 2 aliphatic carbocycles. The van der Waals surface area contributed by atoms with E-state index in [1.165, 1.54) is 28.0 Å². The molecule has 0 aliphatic heterocycles. The molecular formula is C22H23N. The second-order valence-electron chi connectivity index (χ2n) is 6.21. The summed E-state index contributed by atoms with van der Waals surface area (Å²) in [5.41, 5.74) is 6.57. The van der Waals surface area contributed by atoms with Crippen molar-refractivity contribution in [3.05, 3.63) is 95.2 Å². The van der Waals surface area contributed by atoms with Crippen LogP contribution in [0.2, 0.25) is 0 Å². The number of benzene rings is 1. The van der Waals surface area contributed by atoms with Crippen molar-refractivity contribution in [2.75, 3.05) is 19.0 Å². The Hall–Kier alpha value is -2.54. The van der Waals surface area contributed by atoms with Crippen LogP contribution in [0.15, 0.2) is 89.6 Å². The predicted molar refractivity (Wildman–Crippen MR) is 101 cm³/mol.